The fraction of sp³-hybridized carbons (Fsp3) is 0.240. The lowest BCUT2D eigenvalue weighted by molar-refractivity contribution is 0.0981. The Bertz CT molecular complexity index is 1340. The van der Waals surface area contributed by atoms with Gasteiger partial charge >= 0.3 is 0 Å². The minimum atomic E-state index is -3.64. The molecular formula is C25H23BrN2O3S. The molecule has 0 N–H and O–H groups in total. The number of hydrogen-bond acceptors (Lipinski definition) is 3. The molecule has 0 saturated carbocycles. The lowest BCUT2D eigenvalue weighted by Crippen LogP contribution is -2.35. The van der Waals surface area contributed by atoms with Crippen LogP contribution in [0.4, 0.5) is 11.4 Å². The molecular weight excluding hydrogens is 488 g/mol. The number of carbonyl (C=O) groups excluding carboxylic acids is 1. The first kappa shape index (κ1) is 21.2. The monoisotopic (exact) mass is 510 g/mol. The van der Waals surface area contributed by atoms with E-state index in [0.29, 0.717) is 24.2 Å². The summed E-state index contributed by atoms with van der Waals surface area (Å²) in [6, 6.07) is 18.3. The molecule has 0 fully saturated rings. The summed E-state index contributed by atoms with van der Waals surface area (Å²) in [5, 5.41) is 0. The van der Waals surface area contributed by atoms with E-state index in [1.807, 2.05) is 30.0 Å². The number of halogens is 1. The van der Waals surface area contributed by atoms with Gasteiger partial charge in [-0.25, -0.2) is 8.42 Å². The SMILES string of the molecule is Cc1ccc(S(=O)(=O)N2CCc3cc(C(=O)N4c5ccc(Br)cc5C[C@H]4C)ccc32)cc1. The summed E-state index contributed by atoms with van der Waals surface area (Å²) in [7, 11) is -3.64. The number of nitrogens with zero attached hydrogens (tertiary/aromatic N) is 2. The third kappa shape index (κ3) is 3.44. The van der Waals surface area contributed by atoms with E-state index in [0.717, 1.165) is 33.3 Å². The smallest absolute Gasteiger partial charge is 0.264 e. The number of fused-ring (bicyclic) bond motifs is 2. The van der Waals surface area contributed by atoms with Crippen molar-refractivity contribution in [3.8, 4) is 0 Å². The molecule has 5 rings (SSSR count). The molecule has 0 bridgehead atoms. The molecule has 164 valence electrons. The molecule has 1 amide bonds. The Morgan fingerprint density at radius 2 is 1.69 bits per heavy atom. The van der Waals surface area contributed by atoms with Gasteiger partial charge in [0.05, 0.1) is 10.6 Å². The zero-order chi connectivity index (χ0) is 22.6. The maximum absolute atomic E-state index is 13.4. The maximum Gasteiger partial charge on any atom is 0.264 e. The summed E-state index contributed by atoms with van der Waals surface area (Å²) < 4.78 is 28.8. The average Bonchev–Trinajstić information content (AvgIpc) is 3.33. The van der Waals surface area contributed by atoms with E-state index in [1.165, 1.54) is 4.31 Å². The van der Waals surface area contributed by atoms with Crippen molar-refractivity contribution in [2.45, 2.75) is 37.6 Å². The van der Waals surface area contributed by atoms with E-state index in [-0.39, 0.29) is 16.8 Å². The highest BCUT2D eigenvalue weighted by molar-refractivity contribution is 9.10. The molecule has 2 aliphatic rings. The Labute approximate surface area is 196 Å². The molecule has 7 heteroatoms. The van der Waals surface area contributed by atoms with Crippen LogP contribution in [0.3, 0.4) is 0 Å². The first-order valence-electron chi connectivity index (χ1n) is 10.6. The highest BCUT2D eigenvalue weighted by Gasteiger charge is 2.34. The topological polar surface area (TPSA) is 57.7 Å². The van der Waals surface area contributed by atoms with Gasteiger partial charge in [-0.15, -0.1) is 0 Å². The summed E-state index contributed by atoms with van der Waals surface area (Å²) in [6.07, 6.45) is 1.40. The molecule has 0 aromatic heterocycles. The second-order valence-electron chi connectivity index (χ2n) is 8.49. The van der Waals surface area contributed by atoms with E-state index in [4.69, 9.17) is 0 Å². The Morgan fingerprint density at radius 3 is 2.44 bits per heavy atom. The third-order valence-electron chi connectivity index (χ3n) is 6.26. The van der Waals surface area contributed by atoms with Gasteiger partial charge in [0.2, 0.25) is 0 Å². The van der Waals surface area contributed by atoms with Crippen LogP contribution < -0.4 is 9.21 Å². The number of carbonyl (C=O) groups is 1. The van der Waals surface area contributed by atoms with E-state index in [9.17, 15) is 13.2 Å². The standard InChI is InChI=1S/C25H23BrN2O3S/c1-16-3-7-22(8-4-16)32(30,31)27-12-11-18-14-19(5-9-23(18)27)25(29)28-17(2)13-20-15-21(26)6-10-24(20)28/h3-10,14-15,17H,11-13H2,1-2H3/t17-/m1/s1. The molecule has 5 nitrogen and oxygen atoms in total. The van der Waals surface area contributed by atoms with Crippen molar-refractivity contribution in [3.63, 3.8) is 0 Å². The Hall–Kier alpha value is -2.64. The van der Waals surface area contributed by atoms with Crippen LogP contribution in [0.25, 0.3) is 0 Å². The summed E-state index contributed by atoms with van der Waals surface area (Å²) >= 11 is 3.51. The number of aryl methyl sites for hydroxylation is 1. The molecule has 1 atom stereocenters. The van der Waals surface area contributed by atoms with Crippen LogP contribution in [-0.4, -0.2) is 26.9 Å². The number of amides is 1. The van der Waals surface area contributed by atoms with Crippen molar-refractivity contribution in [2.24, 2.45) is 0 Å². The van der Waals surface area contributed by atoms with E-state index < -0.39 is 10.0 Å². The zero-order valence-electron chi connectivity index (χ0n) is 17.9. The highest BCUT2D eigenvalue weighted by Crippen LogP contribution is 2.37. The van der Waals surface area contributed by atoms with Gasteiger partial charge < -0.3 is 4.90 Å². The summed E-state index contributed by atoms with van der Waals surface area (Å²) in [5.41, 5.74) is 5.22. The van der Waals surface area contributed by atoms with Crippen molar-refractivity contribution in [1.82, 2.24) is 0 Å². The van der Waals surface area contributed by atoms with Crippen LogP contribution in [0.1, 0.15) is 34.0 Å². The minimum absolute atomic E-state index is 0.0544. The van der Waals surface area contributed by atoms with Gasteiger partial charge in [0.1, 0.15) is 0 Å². The van der Waals surface area contributed by atoms with E-state index in [2.05, 4.69) is 28.9 Å². The predicted molar refractivity (Wildman–Crippen MR) is 130 cm³/mol. The highest BCUT2D eigenvalue weighted by atomic mass is 79.9. The summed E-state index contributed by atoms with van der Waals surface area (Å²) in [4.78, 5) is 15.5. The van der Waals surface area contributed by atoms with Gasteiger partial charge in [-0.2, -0.15) is 0 Å². The quantitative estimate of drug-likeness (QED) is 0.492. The minimum Gasteiger partial charge on any atom is -0.305 e. The van der Waals surface area contributed by atoms with Crippen LogP contribution in [0.2, 0.25) is 0 Å². The number of anilines is 2. The lowest BCUT2D eigenvalue weighted by Gasteiger charge is -2.23. The second kappa shape index (κ2) is 7.74. The second-order valence-corrected chi connectivity index (χ2v) is 11.3. The molecule has 0 unspecified atom stereocenters. The molecule has 0 spiro atoms. The Balaban J connectivity index is 1.46. The first-order valence-corrected chi connectivity index (χ1v) is 12.8. The van der Waals surface area contributed by atoms with Gasteiger partial charge in [-0.05, 0) is 86.3 Å². The van der Waals surface area contributed by atoms with Gasteiger partial charge in [0.25, 0.3) is 15.9 Å². The van der Waals surface area contributed by atoms with Crippen molar-refractivity contribution in [1.29, 1.82) is 0 Å². The molecule has 2 heterocycles. The van der Waals surface area contributed by atoms with Gasteiger partial charge in [-0.3, -0.25) is 9.10 Å². The van der Waals surface area contributed by atoms with Crippen LogP contribution in [0.5, 0.6) is 0 Å². The average molecular weight is 511 g/mol. The van der Waals surface area contributed by atoms with E-state index >= 15 is 0 Å². The zero-order valence-corrected chi connectivity index (χ0v) is 20.3. The lowest BCUT2D eigenvalue weighted by atomic mass is 10.1. The fourth-order valence-corrected chi connectivity index (χ4v) is 6.55. The van der Waals surface area contributed by atoms with E-state index in [1.54, 1.807) is 36.4 Å². The largest absolute Gasteiger partial charge is 0.305 e. The third-order valence-corrected chi connectivity index (χ3v) is 8.59. The van der Waals surface area contributed by atoms with Gasteiger partial charge in [-0.1, -0.05) is 33.6 Å². The first-order chi connectivity index (χ1) is 15.3. The summed E-state index contributed by atoms with van der Waals surface area (Å²) in [6.45, 7) is 4.35. The van der Waals surface area contributed by atoms with Crippen molar-refractivity contribution >= 4 is 43.2 Å². The van der Waals surface area contributed by atoms with Crippen molar-refractivity contribution in [3.05, 3.63) is 87.4 Å². The number of hydrogen-bond donors (Lipinski definition) is 0. The molecule has 2 aliphatic heterocycles. The van der Waals surface area contributed by atoms with Crippen LogP contribution in [-0.2, 0) is 22.9 Å². The van der Waals surface area contributed by atoms with Crippen LogP contribution in [0, 0.1) is 6.92 Å². The number of rotatable bonds is 3. The molecule has 0 aliphatic carbocycles. The Morgan fingerprint density at radius 1 is 0.969 bits per heavy atom. The van der Waals surface area contributed by atoms with Crippen LogP contribution in [0.15, 0.2) is 70.0 Å². The molecule has 3 aromatic rings. The normalized spacial score (nSPS) is 17.4. The summed E-state index contributed by atoms with van der Waals surface area (Å²) in [5.74, 6) is -0.0544. The van der Waals surface area contributed by atoms with Crippen molar-refractivity contribution in [2.75, 3.05) is 15.7 Å². The molecule has 32 heavy (non-hydrogen) atoms. The van der Waals surface area contributed by atoms with Gasteiger partial charge in [0.15, 0.2) is 0 Å². The molecule has 3 aromatic carbocycles. The molecule has 0 saturated heterocycles. The number of sulfonamides is 1. The Kier molecular flexibility index (Phi) is 5.13. The fourth-order valence-electron chi connectivity index (χ4n) is 4.64. The molecule has 0 radical (unpaired) electrons. The van der Waals surface area contributed by atoms with Crippen LogP contribution >= 0.6 is 15.9 Å². The maximum atomic E-state index is 13.4. The van der Waals surface area contributed by atoms with Gasteiger partial charge in [0, 0.05) is 28.3 Å². The number of benzene rings is 3. The predicted octanol–water partition coefficient (Wildman–Crippen LogP) is 5.10. The van der Waals surface area contributed by atoms with Crippen molar-refractivity contribution < 1.29 is 13.2 Å².